The second-order valence-corrected chi connectivity index (χ2v) is 17.4. The fraction of sp³-hybridized carbons (Fsp3) is 0.950. The summed E-state index contributed by atoms with van der Waals surface area (Å²) < 4.78 is 33.9. The topological polar surface area (TPSA) is 136 Å². The molecule has 0 amide bonds. The Bertz CT molecular complexity index is 984. The molecule has 11 nitrogen and oxygen atoms in total. The Morgan fingerprint density at radius 3 is 1.54 bits per heavy atom. The van der Waals surface area contributed by atoms with Gasteiger partial charge in [-0.1, -0.05) is 136 Å². The second-order valence-electron chi connectivity index (χ2n) is 16.0. The summed E-state index contributed by atoms with van der Waals surface area (Å²) in [5.74, 6) is -0.845. The summed E-state index contributed by atoms with van der Waals surface area (Å²) >= 11 is 0. The van der Waals surface area contributed by atoms with Gasteiger partial charge in [0.2, 0.25) is 0 Å². The normalized spacial score (nSPS) is 15.3. The van der Waals surface area contributed by atoms with Crippen LogP contribution in [0.1, 0.15) is 187 Å². The minimum Gasteiger partial charge on any atom is -0.756 e. The van der Waals surface area contributed by atoms with Crippen LogP contribution < -0.4 is 4.89 Å². The molecule has 1 rings (SSSR count). The highest BCUT2D eigenvalue weighted by Gasteiger charge is 2.38. The molecule has 0 aromatic carbocycles. The van der Waals surface area contributed by atoms with Crippen molar-refractivity contribution in [1.82, 2.24) is 0 Å². The van der Waals surface area contributed by atoms with Crippen molar-refractivity contribution < 1.29 is 42.1 Å². The zero-order valence-electron chi connectivity index (χ0n) is 34.1. The van der Waals surface area contributed by atoms with Crippen LogP contribution in [-0.4, -0.2) is 75.7 Å². The minimum atomic E-state index is -4.62. The van der Waals surface area contributed by atoms with Crippen molar-refractivity contribution in [3.8, 4) is 0 Å². The summed E-state index contributed by atoms with van der Waals surface area (Å²) in [7, 11) is 1.16. The monoisotopic (exact) mass is 760 g/mol. The molecule has 0 radical (unpaired) electrons. The first-order valence-electron chi connectivity index (χ1n) is 21.1. The lowest BCUT2D eigenvalue weighted by atomic mass is 9.98. The molecular weight excluding hydrogens is 681 g/mol. The van der Waals surface area contributed by atoms with Gasteiger partial charge >= 0.3 is 11.9 Å². The van der Waals surface area contributed by atoms with Crippen molar-refractivity contribution in [2.45, 2.75) is 199 Å². The van der Waals surface area contributed by atoms with Gasteiger partial charge in [-0.05, 0) is 38.5 Å². The van der Waals surface area contributed by atoms with Gasteiger partial charge in [0.05, 0.1) is 27.7 Å². The van der Waals surface area contributed by atoms with Crippen LogP contribution in [-0.2, 0) is 32.7 Å². The molecule has 306 valence electrons. The maximum atomic E-state index is 12.7. The van der Waals surface area contributed by atoms with Gasteiger partial charge < -0.3 is 27.9 Å². The number of phosphoric acid groups is 1. The van der Waals surface area contributed by atoms with Crippen molar-refractivity contribution in [2.75, 3.05) is 47.5 Å². The number of unbranched alkanes of at least 4 members (excludes halogenated alkanes) is 20. The van der Waals surface area contributed by atoms with E-state index in [9.17, 15) is 19.0 Å². The van der Waals surface area contributed by atoms with Crippen molar-refractivity contribution in [3.05, 3.63) is 0 Å². The van der Waals surface area contributed by atoms with Gasteiger partial charge in [0.25, 0.3) is 7.82 Å². The highest BCUT2D eigenvalue weighted by Crippen LogP contribution is 2.39. The number of likely N-dealkylation sites (N-methyl/N-ethyl adjacent to an activating group) is 1. The summed E-state index contributed by atoms with van der Waals surface area (Å²) in [6.45, 7) is 4.16. The number of hydrogen-bond acceptors (Lipinski definition) is 10. The molecular formula is C40H78N3O8P. The summed E-state index contributed by atoms with van der Waals surface area (Å²) in [4.78, 5) is 37.5. The molecule has 0 N–H and O–H groups in total. The molecule has 2 atom stereocenters. The summed E-state index contributed by atoms with van der Waals surface area (Å²) in [5.41, 5.74) is -0.0446. The van der Waals surface area contributed by atoms with Crippen molar-refractivity contribution >= 4 is 19.8 Å². The summed E-state index contributed by atoms with van der Waals surface area (Å²) in [6.07, 6.45) is 28.4. The van der Waals surface area contributed by atoms with E-state index in [0.29, 0.717) is 17.4 Å². The first-order valence-corrected chi connectivity index (χ1v) is 22.6. The largest absolute Gasteiger partial charge is 0.756 e. The Morgan fingerprint density at radius 1 is 0.615 bits per heavy atom. The predicted octanol–water partition coefficient (Wildman–Crippen LogP) is 10.4. The fourth-order valence-electron chi connectivity index (χ4n) is 6.14. The Morgan fingerprint density at radius 2 is 1.06 bits per heavy atom. The van der Waals surface area contributed by atoms with Crippen molar-refractivity contribution in [3.63, 3.8) is 0 Å². The molecule has 1 aliphatic rings. The highest BCUT2D eigenvalue weighted by atomic mass is 31.2. The maximum absolute atomic E-state index is 12.7. The number of carbonyl (C=O) groups excluding carboxylic acids is 2. The third-order valence-corrected chi connectivity index (χ3v) is 10.6. The van der Waals surface area contributed by atoms with Crippen LogP contribution in [0, 0.1) is 0 Å². The van der Waals surface area contributed by atoms with E-state index >= 15 is 0 Å². The Kier molecular flexibility index (Phi) is 28.0. The molecule has 1 aliphatic heterocycles. The van der Waals surface area contributed by atoms with Gasteiger partial charge in [-0.3, -0.25) is 14.2 Å². The van der Waals surface area contributed by atoms with Gasteiger partial charge in [0.15, 0.2) is 11.8 Å². The van der Waals surface area contributed by atoms with E-state index in [1.165, 1.54) is 103 Å². The van der Waals surface area contributed by atoms with Crippen LogP contribution in [0.4, 0.5) is 0 Å². The minimum absolute atomic E-state index is 0.0327. The van der Waals surface area contributed by atoms with Crippen LogP contribution >= 0.6 is 7.82 Å². The molecule has 0 aromatic rings. The van der Waals surface area contributed by atoms with Gasteiger partial charge in [0, 0.05) is 12.8 Å². The second kappa shape index (κ2) is 29.9. The van der Waals surface area contributed by atoms with Crippen LogP contribution in [0.5, 0.6) is 0 Å². The van der Waals surface area contributed by atoms with Gasteiger partial charge in [-0.2, -0.15) is 10.2 Å². The number of carbonyl (C=O) groups is 2. The number of ether oxygens (including phenoxy) is 2. The maximum Gasteiger partial charge on any atom is 0.306 e. The molecule has 0 saturated heterocycles. The fourth-order valence-corrected chi connectivity index (χ4v) is 6.87. The van der Waals surface area contributed by atoms with E-state index < -0.39 is 26.5 Å². The number of rotatable bonds is 38. The number of quaternary nitrogens is 1. The average molecular weight is 760 g/mol. The molecule has 0 aromatic heterocycles. The Labute approximate surface area is 318 Å². The first kappa shape index (κ1) is 48.6. The summed E-state index contributed by atoms with van der Waals surface area (Å²) in [5, 5.41) is 8.57. The lowest BCUT2D eigenvalue weighted by molar-refractivity contribution is -0.870. The molecule has 0 spiro atoms. The predicted molar refractivity (Wildman–Crippen MR) is 207 cm³/mol. The molecule has 0 fully saturated rings. The van der Waals surface area contributed by atoms with Gasteiger partial charge in [0.1, 0.15) is 19.8 Å². The zero-order valence-corrected chi connectivity index (χ0v) is 34.9. The first-order chi connectivity index (χ1) is 24.9. The van der Waals surface area contributed by atoms with Crippen LogP contribution in [0.2, 0.25) is 0 Å². The van der Waals surface area contributed by atoms with E-state index in [4.69, 9.17) is 18.5 Å². The molecule has 0 bridgehead atoms. The summed E-state index contributed by atoms with van der Waals surface area (Å²) in [6, 6.07) is 0. The molecule has 12 heteroatoms. The Hall–Kier alpha value is -1.39. The molecule has 0 aliphatic carbocycles. The van der Waals surface area contributed by atoms with E-state index in [2.05, 4.69) is 24.1 Å². The number of nitrogens with zero attached hydrogens (tertiary/aromatic N) is 3. The van der Waals surface area contributed by atoms with E-state index in [0.717, 1.165) is 51.4 Å². The number of esters is 2. The molecule has 0 saturated carbocycles. The van der Waals surface area contributed by atoms with E-state index in [1.54, 1.807) is 0 Å². The lowest BCUT2D eigenvalue weighted by Gasteiger charge is -2.28. The van der Waals surface area contributed by atoms with Crippen molar-refractivity contribution in [1.29, 1.82) is 0 Å². The highest BCUT2D eigenvalue weighted by molar-refractivity contribution is 7.45. The smallest absolute Gasteiger partial charge is 0.306 e. The lowest BCUT2D eigenvalue weighted by Crippen LogP contribution is -2.37. The quantitative estimate of drug-likeness (QED) is 0.0263. The Balaban J connectivity index is 2.29. The van der Waals surface area contributed by atoms with Crippen LogP contribution in [0.25, 0.3) is 0 Å². The number of hydrogen-bond donors (Lipinski definition) is 0. The number of phosphoric ester groups is 1. The van der Waals surface area contributed by atoms with Crippen molar-refractivity contribution in [2.24, 2.45) is 10.2 Å². The van der Waals surface area contributed by atoms with Gasteiger partial charge in [-0.15, -0.1) is 0 Å². The molecule has 52 heavy (non-hydrogen) atoms. The van der Waals surface area contributed by atoms with Gasteiger partial charge in [-0.25, -0.2) is 0 Å². The zero-order chi connectivity index (χ0) is 38.4. The van der Waals surface area contributed by atoms with Crippen LogP contribution in [0.15, 0.2) is 10.2 Å². The van der Waals surface area contributed by atoms with Crippen LogP contribution in [0.3, 0.4) is 0 Å². The molecule has 2 unspecified atom stereocenters. The van der Waals surface area contributed by atoms with E-state index in [-0.39, 0.29) is 37.7 Å². The van der Waals surface area contributed by atoms with E-state index in [1.807, 2.05) is 21.1 Å². The third kappa shape index (κ3) is 30.0. The SMILES string of the molecule is CCCCCCCCCCCCCCCC(=O)OCC(COP(=O)([O-])OCC[N+](C)(C)C)OC(=O)CCCCCCCCCCC1(CCCC)N=N1. The average Bonchev–Trinajstić information content (AvgIpc) is 3.87. The third-order valence-electron chi connectivity index (χ3n) is 9.66. The molecule has 1 heterocycles. The standard InChI is InChI=1S/C40H78N3O8P/c1-6-8-10-11-12-13-14-15-16-17-20-23-26-29-38(44)48-35-37(36-50-52(46,47)49-34-33-43(3,4)5)51-39(45)30-27-24-21-18-19-22-25-28-32-40(41-42-40)31-9-7-2/h37H,6-36H2,1-5H3.